The summed E-state index contributed by atoms with van der Waals surface area (Å²) in [5, 5.41) is 18.4. The van der Waals surface area contributed by atoms with Crippen LogP contribution in [0.1, 0.15) is 12.0 Å². The SMILES string of the molecule is Cl.N[C@H](Cc1ccc(-c2cc(Cl)ccc2F)cc1)C[C@@H](O)C(=O)O. The maximum atomic E-state index is 13.8. The maximum Gasteiger partial charge on any atom is 0.332 e. The first kappa shape index (κ1) is 20.4. The summed E-state index contributed by atoms with van der Waals surface area (Å²) in [7, 11) is 0. The third kappa shape index (κ3) is 5.46. The first-order valence-corrected chi connectivity index (χ1v) is 7.45. The molecular weight excluding hydrogens is 356 g/mol. The number of aliphatic hydroxyl groups is 1. The lowest BCUT2D eigenvalue weighted by atomic mass is 9.98. The molecular formula is C17H18Cl2FNO3. The van der Waals surface area contributed by atoms with Crippen LogP contribution in [0.4, 0.5) is 4.39 Å². The molecule has 0 aliphatic carbocycles. The molecule has 0 aliphatic heterocycles. The fourth-order valence-electron chi connectivity index (χ4n) is 2.31. The number of carbonyl (C=O) groups is 1. The van der Waals surface area contributed by atoms with Crippen LogP contribution in [0.3, 0.4) is 0 Å². The van der Waals surface area contributed by atoms with E-state index >= 15 is 0 Å². The van der Waals surface area contributed by atoms with E-state index in [4.69, 9.17) is 22.4 Å². The van der Waals surface area contributed by atoms with Gasteiger partial charge in [0.1, 0.15) is 5.82 Å². The molecule has 2 rings (SSSR count). The molecule has 2 aromatic carbocycles. The van der Waals surface area contributed by atoms with Crippen molar-refractivity contribution in [2.24, 2.45) is 5.73 Å². The Morgan fingerprint density at radius 3 is 2.42 bits per heavy atom. The van der Waals surface area contributed by atoms with Crippen LogP contribution in [0.2, 0.25) is 5.02 Å². The van der Waals surface area contributed by atoms with Gasteiger partial charge in [-0.3, -0.25) is 0 Å². The van der Waals surface area contributed by atoms with E-state index in [1.54, 1.807) is 30.3 Å². The summed E-state index contributed by atoms with van der Waals surface area (Å²) in [5.41, 5.74) is 7.81. The number of carboxylic acid groups (broad SMARTS) is 1. The fraction of sp³-hybridized carbons (Fsp3) is 0.235. The largest absolute Gasteiger partial charge is 0.479 e. The van der Waals surface area contributed by atoms with Crippen molar-refractivity contribution in [1.29, 1.82) is 0 Å². The van der Waals surface area contributed by atoms with Gasteiger partial charge in [0.2, 0.25) is 0 Å². The number of nitrogens with two attached hydrogens (primary N) is 1. The van der Waals surface area contributed by atoms with Crippen LogP contribution >= 0.6 is 24.0 Å². The van der Waals surface area contributed by atoms with Gasteiger partial charge in [-0.25, -0.2) is 9.18 Å². The van der Waals surface area contributed by atoms with Crippen LogP contribution in [-0.2, 0) is 11.2 Å². The van der Waals surface area contributed by atoms with Crippen molar-refractivity contribution in [2.45, 2.75) is 25.0 Å². The molecule has 0 fully saturated rings. The summed E-state index contributed by atoms with van der Waals surface area (Å²) in [5.74, 6) is -1.64. The van der Waals surface area contributed by atoms with Crippen LogP contribution in [0, 0.1) is 5.82 Å². The topological polar surface area (TPSA) is 83.5 Å². The first-order chi connectivity index (χ1) is 10.9. The van der Waals surface area contributed by atoms with E-state index in [9.17, 15) is 14.3 Å². The standard InChI is InChI=1S/C17H17ClFNO3.ClH/c18-12-5-6-15(19)14(8-12)11-3-1-10(2-4-11)7-13(20)9-16(21)17(22)23;/h1-6,8,13,16,21H,7,9,20H2,(H,22,23);1H/t13-,16-;/m1./s1. The molecule has 4 N–H and O–H groups in total. The van der Waals surface area contributed by atoms with Gasteiger partial charge in [0.25, 0.3) is 0 Å². The Hall–Kier alpha value is -1.66. The van der Waals surface area contributed by atoms with Crippen molar-refractivity contribution in [3.8, 4) is 11.1 Å². The molecule has 4 nitrogen and oxygen atoms in total. The summed E-state index contributed by atoms with van der Waals surface area (Å²) < 4.78 is 13.8. The number of halogens is 3. The minimum atomic E-state index is -1.47. The van der Waals surface area contributed by atoms with Crippen LogP contribution in [0.5, 0.6) is 0 Å². The summed E-state index contributed by atoms with van der Waals surface area (Å²) in [6.07, 6.45) is -1.08. The Morgan fingerprint density at radius 1 is 1.21 bits per heavy atom. The van der Waals surface area contributed by atoms with E-state index in [0.29, 0.717) is 22.6 Å². The summed E-state index contributed by atoms with van der Waals surface area (Å²) in [6, 6.07) is 11.0. The third-order valence-corrected chi connectivity index (χ3v) is 3.74. The van der Waals surface area contributed by atoms with Crippen molar-refractivity contribution in [1.82, 2.24) is 0 Å². The molecule has 130 valence electrons. The molecule has 2 atom stereocenters. The van der Waals surface area contributed by atoms with Crippen molar-refractivity contribution >= 4 is 30.0 Å². The monoisotopic (exact) mass is 373 g/mol. The van der Waals surface area contributed by atoms with Gasteiger partial charge in [0.05, 0.1) is 0 Å². The smallest absolute Gasteiger partial charge is 0.332 e. The van der Waals surface area contributed by atoms with E-state index in [1.807, 2.05) is 0 Å². The summed E-state index contributed by atoms with van der Waals surface area (Å²) in [4.78, 5) is 10.6. The van der Waals surface area contributed by atoms with Gasteiger partial charge in [0.15, 0.2) is 6.10 Å². The lowest BCUT2D eigenvalue weighted by Crippen LogP contribution is -2.32. The Labute approximate surface area is 150 Å². The van der Waals surface area contributed by atoms with Gasteiger partial charge in [-0.05, 0) is 42.2 Å². The van der Waals surface area contributed by atoms with E-state index in [0.717, 1.165) is 5.56 Å². The average Bonchev–Trinajstić information content (AvgIpc) is 2.50. The number of benzene rings is 2. The predicted molar refractivity (Wildman–Crippen MR) is 94.0 cm³/mol. The minimum Gasteiger partial charge on any atom is -0.479 e. The molecule has 0 bridgehead atoms. The zero-order chi connectivity index (χ0) is 17.0. The fourth-order valence-corrected chi connectivity index (χ4v) is 2.48. The Kier molecular flexibility index (Phi) is 7.63. The van der Waals surface area contributed by atoms with Crippen molar-refractivity contribution in [2.75, 3.05) is 0 Å². The highest BCUT2D eigenvalue weighted by atomic mass is 35.5. The second kappa shape index (κ2) is 8.99. The molecule has 0 saturated heterocycles. The third-order valence-electron chi connectivity index (χ3n) is 3.50. The van der Waals surface area contributed by atoms with Crippen LogP contribution in [0.15, 0.2) is 42.5 Å². The van der Waals surface area contributed by atoms with Crippen LogP contribution < -0.4 is 5.73 Å². The molecule has 7 heteroatoms. The van der Waals surface area contributed by atoms with E-state index < -0.39 is 18.1 Å². The lowest BCUT2D eigenvalue weighted by Gasteiger charge is -2.14. The summed E-state index contributed by atoms with van der Waals surface area (Å²) >= 11 is 5.89. The number of aliphatic hydroxyl groups excluding tert-OH is 1. The summed E-state index contributed by atoms with van der Waals surface area (Å²) in [6.45, 7) is 0. The lowest BCUT2D eigenvalue weighted by molar-refractivity contribution is -0.147. The second-order valence-electron chi connectivity index (χ2n) is 5.38. The number of aliphatic carboxylic acids is 1. The highest BCUT2D eigenvalue weighted by Gasteiger charge is 2.17. The zero-order valence-corrected chi connectivity index (χ0v) is 14.2. The second-order valence-corrected chi connectivity index (χ2v) is 5.81. The maximum absolute atomic E-state index is 13.8. The highest BCUT2D eigenvalue weighted by Crippen LogP contribution is 2.26. The minimum absolute atomic E-state index is 0. The van der Waals surface area contributed by atoms with Gasteiger partial charge in [-0.1, -0.05) is 35.9 Å². The molecule has 0 heterocycles. The Morgan fingerprint density at radius 2 is 1.83 bits per heavy atom. The van der Waals surface area contributed by atoms with Gasteiger partial charge in [-0.2, -0.15) is 0 Å². The highest BCUT2D eigenvalue weighted by molar-refractivity contribution is 6.30. The van der Waals surface area contributed by atoms with Crippen LogP contribution in [-0.4, -0.2) is 28.3 Å². The van der Waals surface area contributed by atoms with Gasteiger partial charge in [0, 0.05) is 16.6 Å². The quantitative estimate of drug-likeness (QED) is 0.725. The van der Waals surface area contributed by atoms with Crippen LogP contribution in [0.25, 0.3) is 11.1 Å². The predicted octanol–water partition coefficient (Wildman–Crippen LogP) is 3.27. The molecule has 0 spiro atoms. The van der Waals surface area contributed by atoms with E-state index in [1.165, 1.54) is 12.1 Å². The zero-order valence-electron chi connectivity index (χ0n) is 12.7. The molecule has 0 aliphatic rings. The molecule has 0 saturated carbocycles. The first-order valence-electron chi connectivity index (χ1n) is 7.07. The molecule has 24 heavy (non-hydrogen) atoms. The van der Waals surface area contributed by atoms with Crippen molar-refractivity contribution < 1.29 is 19.4 Å². The number of hydrogen-bond acceptors (Lipinski definition) is 3. The Balaban J connectivity index is 0.00000288. The van der Waals surface area contributed by atoms with Gasteiger partial charge >= 0.3 is 5.97 Å². The molecule has 0 radical (unpaired) electrons. The number of carboxylic acids is 1. The normalized spacial score (nSPS) is 13.0. The molecule has 0 unspecified atom stereocenters. The molecule has 0 amide bonds. The van der Waals surface area contributed by atoms with Crippen molar-refractivity contribution in [3.63, 3.8) is 0 Å². The van der Waals surface area contributed by atoms with Gasteiger partial charge < -0.3 is 15.9 Å². The van der Waals surface area contributed by atoms with Gasteiger partial charge in [-0.15, -0.1) is 12.4 Å². The molecule has 0 aromatic heterocycles. The number of rotatable bonds is 6. The van der Waals surface area contributed by atoms with E-state index in [-0.39, 0.29) is 24.6 Å². The van der Waals surface area contributed by atoms with E-state index in [2.05, 4.69) is 0 Å². The molecule has 2 aromatic rings. The Bertz CT molecular complexity index is 695. The number of hydrogen-bond donors (Lipinski definition) is 3. The van der Waals surface area contributed by atoms with Crippen molar-refractivity contribution in [3.05, 3.63) is 58.9 Å². The average molecular weight is 374 g/mol.